The molecule has 0 aromatic heterocycles. The van der Waals surface area contributed by atoms with Gasteiger partial charge in [-0.2, -0.15) is 0 Å². The van der Waals surface area contributed by atoms with Crippen LogP contribution in [0.3, 0.4) is 0 Å². The van der Waals surface area contributed by atoms with Crippen LogP contribution in [-0.4, -0.2) is 39.3 Å². The average molecular weight is 352 g/mol. The predicted octanol–water partition coefficient (Wildman–Crippen LogP) is 2.09. The molecule has 0 bridgehead atoms. The molecule has 0 unspecified atom stereocenters. The van der Waals surface area contributed by atoms with Gasteiger partial charge in [-0.15, -0.1) is 0 Å². The quantitative estimate of drug-likeness (QED) is 0.864. The van der Waals surface area contributed by atoms with Crippen LogP contribution in [0.25, 0.3) is 0 Å². The molecule has 1 N–H and O–H groups in total. The Kier molecular flexibility index (Phi) is 5.53. The topological polar surface area (TPSA) is 75.7 Å². The highest BCUT2D eigenvalue weighted by Gasteiger charge is 2.16. The monoisotopic (exact) mass is 352 g/mol. The molecule has 0 saturated carbocycles. The fraction of sp³-hybridized carbons (Fsp3) is 0.188. The van der Waals surface area contributed by atoms with E-state index in [1.807, 2.05) is 0 Å². The number of sulfonamides is 1. The van der Waals surface area contributed by atoms with Gasteiger partial charge in [0, 0.05) is 25.8 Å². The van der Waals surface area contributed by atoms with Crippen LogP contribution in [0.2, 0.25) is 0 Å². The van der Waals surface area contributed by atoms with Crippen LogP contribution in [0.5, 0.6) is 5.75 Å². The number of hydrogen-bond acceptors (Lipinski definition) is 4. The molecule has 6 nitrogen and oxygen atoms in total. The van der Waals surface area contributed by atoms with Crippen LogP contribution in [0, 0.1) is 5.82 Å². The summed E-state index contributed by atoms with van der Waals surface area (Å²) in [4.78, 5) is 11.9. The van der Waals surface area contributed by atoms with Gasteiger partial charge < -0.3 is 10.1 Å². The Hall–Kier alpha value is -2.45. The fourth-order valence-corrected chi connectivity index (χ4v) is 2.73. The SMILES string of the molecule is CN(C)S(=O)(=O)c1ccc(NC(=O)COc2cccc(F)c2)cc1. The van der Waals surface area contributed by atoms with Crippen molar-refractivity contribution in [3.05, 3.63) is 54.3 Å². The van der Waals surface area contributed by atoms with Crippen molar-refractivity contribution >= 4 is 21.6 Å². The summed E-state index contributed by atoms with van der Waals surface area (Å²) in [6, 6.07) is 11.2. The zero-order valence-corrected chi connectivity index (χ0v) is 14.0. The molecule has 1 amide bonds. The third-order valence-corrected chi connectivity index (χ3v) is 4.91. The number of rotatable bonds is 6. The molecule has 0 fully saturated rings. The molecule has 24 heavy (non-hydrogen) atoms. The summed E-state index contributed by atoms with van der Waals surface area (Å²) in [5.74, 6) is -0.648. The first kappa shape index (κ1) is 17.9. The van der Waals surface area contributed by atoms with Gasteiger partial charge in [0.15, 0.2) is 6.61 Å². The number of nitrogens with one attached hydrogen (secondary N) is 1. The molecule has 0 aliphatic rings. The van der Waals surface area contributed by atoms with Gasteiger partial charge in [0.05, 0.1) is 4.90 Å². The van der Waals surface area contributed by atoms with Crippen LogP contribution < -0.4 is 10.1 Å². The maximum Gasteiger partial charge on any atom is 0.262 e. The van der Waals surface area contributed by atoms with Crippen molar-refractivity contribution in [2.75, 3.05) is 26.0 Å². The summed E-state index contributed by atoms with van der Waals surface area (Å²) in [5, 5.41) is 2.57. The molecule has 2 aromatic rings. The number of ether oxygens (including phenoxy) is 1. The number of carbonyl (C=O) groups excluding carboxylic acids is 1. The number of benzene rings is 2. The second-order valence-electron chi connectivity index (χ2n) is 5.11. The van der Waals surface area contributed by atoms with Crippen molar-refractivity contribution in [3.8, 4) is 5.75 Å². The molecule has 0 atom stereocenters. The molecule has 0 aliphatic carbocycles. The fourth-order valence-electron chi connectivity index (χ4n) is 1.82. The molecule has 0 aliphatic heterocycles. The van der Waals surface area contributed by atoms with E-state index in [0.717, 1.165) is 4.31 Å². The Morgan fingerprint density at radius 1 is 1.17 bits per heavy atom. The van der Waals surface area contributed by atoms with Gasteiger partial charge >= 0.3 is 0 Å². The normalized spacial score (nSPS) is 11.3. The van der Waals surface area contributed by atoms with Gasteiger partial charge in [-0.25, -0.2) is 17.1 Å². The number of amides is 1. The highest BCUT2D eigenvalue weighted by Crippen LogP contribution is 2.17. The first-order chi connectivity index (χ1) is 11.3. The molecule has 0 radical (unpaired) electrons. The lowest BCUT2D eigenvalue weighted by atomic mass is 10.3. The van der Waals surface area contributed by atoms with Gasteiger partial charge in [0.2, 0.25) is 10.0 Å². The lowest BCUT2D eigenvalue weighted by Crippen LogP contribution is -2.22. The van der Waals surface area contributed by atoms with Gasteiger partial charge in [0.1, 0.15) is 11.6 Å². The summed E-state index contributed by atoms with van der Waals surface area (Å²) >= 11 is 0. The third-order valence-electron chi connectivity index (χ3n) is 3.08. The molecule has 2 aromatic carbocycles. The predicted molar refractivity (Wildman–Crippen MR) is 87.8 cm³/mol. The average Bonchev–Trinajstić information content (AvgIpc) is 2.53. The van der Waals surface area contributed by atoms with E-state index >= 15 is 0 Å². The number of nitrogens with zero attached hydrogens (tertiary/aromatic N) is 1. The third kappa shape index (κ3) is 4.53. The van der Waals surface area contributed by atoms with Crippen LogP contribution in [0.1, 0.15) is 0 Å². The van der Waals surface area contributed by atoms with Crippen molar-refractivity contribution in [2.45, 2.75) is 4.90 Å². The van der Waals surface area contributed by atoms with Crippen molar-refractivity contribution in [2.24, 2.45) is 0 Å². The molecule has 0 heterocycles. The first-order valence-corrected chi connectivity index (χ1v) is 8.44. The van der Waals surface area contributed by atoms with Crippen LogP contribution in [0.4, 0.5) is 10.1 Å². The van der Waals surface area contributed by atoms with Gasteiger partial charge in [0.25, 0.3) is 5.91 Å². The van der Waals surface area contributed by atoms with Crippen LogP contribution >= 0.6 is 0 Å². The smallest absolute Gasteiger partial charge is 0.262 e. The lowest BCUT2D eigenvalue weighted by Gasteiger charge is -2.12. The van der Waals surface area contributed by atoms with E-state index in [4.69, 9.17) is 4.74 Å². The zero-order valence-electron chi connectivity index (χ0n) is 13.2. The zero-order chi connectivity index (χ0) is 17.7. The van der Waals surface area contributed by atoms with E-state index in [1.165, 1.54) is 62.6 Å². The van der Waals surface area contributed by atoms with Crippen LogP contribution in [-0.2, 0) is 14.8 Å². The Labute approximate surface area is 139 Å². The van der Waals surface area contributed by atoms with Gasteiger partial charge in [-0.05, 0) is 36.4 Å². The Bertz CT molecular complexity index is 820. The molecular formula is C16H17FN2O4S. The largest absolute Gasteiger partial charge is 0.484 e. The number of carbonyl (C=O) groups is 1. The lowest BCUT2D eigenvalue weighted by molar-refractivity contribution is -0.118. The molecular weight excluding hydrogens is 335 g/mol. The van der Waals surface area contributed by atoms with Crippen molar-refractivity contribution < 1.29 is 22.3 Å². The molecule has 8 heteroatoms. The minimum Gasteiger partial charge on any atom is -0.484 e. The second kappa shape index (κ2) is 7.41. The Morgan fingerprint density at radius 2 is 1.83 bits per heavy atom. The minimum absolute atomic E-state index is 0.126. The second-order valence-corrected chi connectivity index (χ2v) is 7.26. The standard InChI is InChI=1S/C16H17FN2O4S/c1-19(2)24(21,22)15-8-6-13(7-9-15)18-16(20)11-23-14-5-3-4-12(17)10-14/h3-10H,11H2,1-2H3,(H,18,20). The number of anilines is 1. The number of hydrogen-bond donors (Lipinski definition) is 1. The molecule has 2 rings (SSSR count). The number of halogens is 1. The Balaban J connectivity index is 1.95. The van der Waals surface area contributed by atoms with E-state index in [0.29, 0.717) is 5.69 Å². The maximum absolute atomic E-state index is 13.0. The minimum atomic E-state index is -3.51. The van der Waals surface area contributed by atoms with Gasteiger partial charge in [-0.3, -0.25) is 4.79 Å². The summed E-state index contributed by atoms with van der Waals surface area (Å²) < 4.78 is 43.2. The molecule has 0 saturated heterocycles. The van der Waals surface area contributed by atoms with E-state index in [2.05, 4.69) is 5.32 Å². The summed E-state index contributed by atoms with van der Waals surface area (Å²) in [6.45, 7) is -0.290. The van der Waals surface area contributed by atoms with Crippen LogP contribution in [0.15, 0.2) is 53.4 Å². The maximum atomic E-state index is 13.0. The first-order valence-electron chi connectivity index (χ1n) is 7.00. The summed E-state index contributed by atoms with van der Waals surface area (Å²) in [5.41, 5.74) is 0.431. The van der Waals surface area contributed by atoms with Crippen molar-refractivity contribution in [3.63, 3.8) is 0 Å². The highest BCUT2D eigenvalue weighted by atomic mass is 32.2. The Morgan fingerprint density at radius 3 is 2.42 bits per heavy atom. The van der Waals surface area contributed by atoms with Crippen molar-refractivity contribution in [1.29, 1.82) is 0 Å². The van der Waals surface area contributed by atoms with E-state index in [9.17, 15) is 17.6 Å². The van der Waals surface area contributed by atoms with Gasteiger partial charge in [-0.1, -0.05) is 6.07 Å². The molecule has 0 spiro atoms. The van der Waals surface area contributed by atoms with Crippen molar-refractivity contribution in [1.82, 2.24) is 4.31 Å². The van der Waals surface area contributed by atoms with E-state index in [1.54, 1.807) is 0 Å². The van der Waals surface area contributed by atoms with E-state index in [-0.39, 0.29) is 17.3 Å². The summed E-state index contributed by atoms with van der Waals surface area (Å²) in [7, 11) is -0.634. The highest BCUT2D eigenvalue weighted by molar-refractivity contribution is 7.89. The summed E-state index contributed by atoms with van der Waals surface area (Å²) in [6.07, 6.45) is 0. The molecule has 128 valence electrons. The van der Waals surface area contributed by atoms with E-state index < -0.39 is 21.7 Å².